The third kappa shape index (κ3) is 2.54. The van der Waals surface area contributed by atoms with E-state index < -0.39 is 9.84 Å². The maximum atomic E-state index is 11.5. The van der Waals surface area contributed by atoms with Gasteiger partial charge < -0.3 is 5.32 Å². The van der Waals surface area contributed by atoms with Crippen LogP contribution in [-0.2, 0) is 9.84 Å². The normalized spacial score (nSPS) is 11.3. The standard InChI is InChI=1S/C16H13N3O2S/c1-3-13-11-17-16-15(5-4-10-19(13)16)18-12-6-8-14(9-7-12)22(2,20)21/h1,4-11,18H,2H3. The third-order valence-electron chi connectivity index (χ3n) is 3.25. The molecule has 22 heavy (non-hydrogen) atoms. The van der Waals surface area contributed by atoms with Crippen molar-refractivity contribution in [2.45, 2.75) is 4.90 Å². The molecule has 0 aliphatic rings. The number of hydrogen-bond acceptors (Lipinski definition) is 4. The van der Waals surface area contributed by atoms with E-state index in [1.807, 2.05) is 22.7 Å². The predicted octanol–water partition coefficient (Wildman–Crippen LogP) is 2.46. The summed E-state index contributed by atoms with van der Waals surface area (Å²) in [5, 5.41) is 3.22. The van der Waals surface area contributed by atoms with E-state index >= 15 is 0 Å². The first-order valence-electron chi connectivity index (χ1n) is 6.49. The lowest BCUT2D eigenvalue weighted by molar-refractivity contribution is 0.602. The van der Waals surface area contributed by atoms with Gasteiger partial charge in [-0.15, -0.1) is 6.42 Å². The Labute approximate surface area is 128 Å². The number of imidazole rings is 1. The molecular weight excluding hydrogens is 298 g/mol. The summed E-state index contributed by atoms with van der Waals surface area (Å²) in [5.74, 6) is 2.57. The van der Waals surface area contributed by atoms with Crippen molar-refractivity contribution in [3.63, 3.8) is 0 Å². The molecule has 3 rings (SSSR count). The topological polar surface area (TPSA) is 63.5 Å². The summed E-state index contributed by atoms with van der Waals surface area (Å²) in [4.78, 5) is 4.59. The maximum absolute atomic E-state index is 11.5. The quantitative estimate of drug-likeness (QED) is 0.755. The molecular formula is C16H13N3O2S. The average molecular weight is 311 g/mol. The van der Waals surface area contributed by atoms with Crippen molar-refractivity contribution in [3.05, 3.63) is 54.5 Å². The summed E-state index contributed by atoms with van der Waals surface area (Å²) in [6.07, 6.45) is 10.1. The van der Waals surface area contributed by atoms with E-state index in [1.54, 1.807) is 30.5 Å². The molecule has 1 N–H and O–H groups in total. The molecule has 1 aromatic carbocycles. The predicted molar refractivity (Wildman–Crippen MR) is 86.0 cm³/mol. The largest absolute Gasteiger partial charge is 0.352 e. The molecule has 5 nitrogen and oxygen atoms in total. The van der Waals surface area contributed by atoms with Crippen LogP contribution in [0.5, 0.6) is 0 Å². The maximum Gasteiger partial charge on any atom is 0.175 e. The van der Waals surface area contributed by atoms with Crippen LogP contribution in [0.1, 0.15) is 5.69 Å². The van der Waals surface area contributed by atoms with E-state index in [0.29, 0.717) is 11.3 Å². The molecule has 0 saturated heterocycles. The van der Waals surface area contributed by atoms with Crippen LogP contribution >= 0.6 is 0 Å². The summed E-state index contributed by atoms with van der Waals surface area (Å²) in [7, 11) is -3.19. The number of benzene rings is 1. The van der Waals surface area contributed by atoms with E-state index in [4.69, 9.17) is 6.42 Å². The summed E-state index contributed by atoms with van der Waals surface area (Å²) in [6, 6.07) is 10.3. The number of anilines is 2. The Morgan fingerprint density at radius 1 is 1.23 bits per heavy atom. The molecule has 0 unspecified atom stereocenters. The summed E-state index contributed by atoms with van der Waals surface area (Å²) in [6.45, 7) is 0. The van der Waals surface area contributed by atoms with E-state index in [1.165, 1.54) is 6.26 Å². The summed E-state index contributed by atoms with van der Waals surface area (Å²) >= 11 is 0. The second kappa shape index (κ2) is 5.20. The van der Waals surface area contributed by atoms with E-state index in [2.05, 4.69) is 16.2 Å². The third-order valence-corrected chi connectivity index (χ3v) is 4.37. The van der Waals surface area contributed by atoms with Gasteiger partial charge in [-0.05, 0) is 36.4 Å². The van der Waals surface area contributed by atoms with Crippen LogP contribution in [0.4, 0.5) is 11.4 Å². The Morgan fingerprint density at radius 2 is 1.95 bits per heavy atom. The molecule has 0 aliphatic carbocycles. The van der Waals surface area contributed by atoms with E-state index in [9.17, 15) is 8.42 Å². The number of pyridine rings is 1. The fraction of sp³-hybridized carbons (Fsp3) is 0.0625. The smallest absolute Gasteiger partial charge is 0.175 e. The molecule has 0 spiro atoms. The minimum Gasteiger partial charge on any atom is -0.352 e. The van der Waals surface area contributed by atoms with Gasteiger partial charge in [-0.3, -0.25) is 4.40 Å². The SMILES string of the molecule is C#Cc1cnc2c(Nc3ccc(S(C)(=O)=O)cc3)cccn12. The van der Waals surface area contributed by atoms with Crippen LogP contribution in [-0.4, -0.2) is 24.1 Å². The lowest BCUT2D eigenvalue weighted by atomic mass is 10.3. The lowest BCUT2D eigenvalue weighted by Gasteiger charge is -2.08. The minimum absolute atomic E-state index is 0.284. The number of sulfone groups is 1. The van der Waals surface area contributed by atoms with Crippen LogP contribution in [0.25, 0.3) is 5.65 Å². The van der Waals surface area contributed by atoms with Gasteiger partial charge in [0, 0.05) is 18.1 Å². The second-order valence-electron chi connectivity index (χ2n) is 4.82. The number of hydrogen-bond donors (Lipinski definition) is 1. The second-order valence-corrected chi connectivity index (χ2v) is 6.84. The molecule has 110 valence electrons. The summed E-state index contributed by atoms with van der Waals surface area (Å²) in [5.41, 5.74) is 2.94. The van der Waals surface area contributed by atoms with Gasteiger partial charge in [0.05, 0.1) is 16.8 Å². The fourth-order valence-corrected chi connectivity index (χ4v) is 2.79. The Kier molecular flexibility index (Phi) is 3.35. The molecule has 0 amide bonds. The van der Waals surface area contributed by atoms with Crippen LogP contribution in [0.15, 0.2) is 53.7 Å². The van der Waals surface area contributed by atoms with Gasteiger partial charge in [0.25, 0.3) is 0 Å². The van der Waals surface area contributed by atoms with Crippen molar-refractivity contribution in [1.29, 1.82) is 0 Å². The Morgan fingerprint density at radius 3 is 2.59 bits per heavy atom. The van der Waals surface area contributed by atoms with Gasteiger partial charge in [0.15, 0.2) is 15.5 Å². The first-order valence-corrected chi connectivity index (χ1v) is 8.38. The zero-order valence-electron chi connectivity index (χ0n) is 11.8. The molecule has 0 aliphatic heterocycles. The van der Waals surface area contributed by atoms with Crippen molar-refractivity contribution >= 4 is 26.9 Å². The van der Waals surface area contributed by atoms with Crippen LogP contribution in [0, 0.1) is 12.3 Å². The lowest BCUT2D eigenvalue weighted by Crippen LogP contribution is -1.98. The molecule has 0 saturated carbocycles. The van der Waals surface area contributed by atoms with Gasteiger partial charge in [-0.2, -0.15) is 0 Å². The number of nitrogens with zero attached hydrogens (tertiary/aromatic N) is 2. The molecule has 0 atom stereocenters. The molecule has 0 bridgehead atoms. The molecule has 0 radical (unpaired) electrons. The first kappa shape index (κ1) is 14.2. The molecule has 0 fully saturated rings. The van der Waals surface area contributed by atoms with Gasteiger partial charge >= 0.3 is 0 Å². The highest BCUT2D eigenvalue weighted by atomic mass is 32.2. The van der Waals surface area contributed by atoms with Gasteiger partial charge in [-0.1, -0.05) is 5.92 Å². The minimum atomic E-state index is -3.19. The average Bonchev–Trinajstić information content (AvgIpc) is 2.91. The number of fused-ring (bicyclic) bond motifs is 1. The van der Waals surface area contributed by atoms with Crippen molar-refractivity contribution in [2.75, 3.05) is 11.6 Å². The van der Waals surface area contributed by atoms with E-state index in [-0.39, 0.29) is 4.90 Å². The van der Waals surface area contributed by atoms with Crippen molar-refractivity contribution < 1.29 is 8.42 Å². The molecule has 3 aromatic rings. The number of aromatic nitrogens is 2. The first-order chi connectivity index (χ1) is 10.5. The monoisotopic (exact) mass is 311 g/mol. The zero-order chi connectivity index (χ0) is 15.7. The van der Waals surface area contributed by atoms with Crippen molar-refractivity contribution in [1.82, 2.24) is 9.38 Å². The Bertz CT molecular complexity index is 980. The molecule has 6 heteroatoms. The van der Waals surface area contributed by atoms with Crippen LogP contribution < -0.4 is 5.32 Å². The van der Waals surface area contributed by atoms with Crippen molar-refractivity contribution in [2.24, 2.45) is 0 Å². The Balaban J connectivity index is 1.97. The van der Waals surface area contributed by atoms with Crippen LogP contribution in [0.3, 0.4) is 0 Å². The fourth-order valence-electron chi connectivity index (χ4n) is 2.16. The Hall–Kier alpha value is -2.78. The molecule has 2 heterocycles. The number of terminal acetylenes is 1. The van der Waals surface area contributed by atoms with Crippen LogP contribution in [0.2, 0.25) is 0 Å². The molecule has 2 aromatic heterocycles. The zero-order valence-corrected chi connectivity index (χ0v) is 12.6. The van der Waals surface area contributed by atoms with Gasteiger partial charge in [-0.25, -0.2) is 13.4 Å². The van der Waals surface area contributed by atoms with Crippen molar-refractivity contribution in [3.8, 4) is 12.3 Å². The van der Waals surface area contributed by atoms with Gasteiger partial charge in [0.2, 0.25) is 0 Å². The van der Waals surface area contributed by atoms with Gasteiger partial charge in [0.1, 0.15) is 5.69 Å². The highest BCUT2D eigenvalue weighted by molar-refractivity contribution is 7.90. The highest BCUT2D eigenvalue weighted by Crippen LogP contribution is 2.22. The highest BCUT2D eigenvalue weighted by Gasteiger charge is 2.08. The van der Waals surface area contributed by atoms with E-state index in [0.717, 1.165) is 11.4 Å². The summed E-state index contributed by atoms with van der Waals surface area (Å²) < 4.78 is 24.7. The number of nitrogens with one attached hydrogen (secondary N) is 1. The number of rotatable bonds is 3.